The van der Waals surface area contributed by atoms with Crippen molar-refractivity contribution >= 4 is 23.1 Å². The van der Waals surface area contributed by atoms with Gasteiger partial charge in [0.2, 0.25) is 0 Å². The molecule has 0 saturated carbocycles. The fourth-order valence-electron chi connectivity index (χ4n) is 4.07. The van der Waals surface area contributed by atoms with Gasteiger partial charge in [0, 0.05) is 24.1 Å². The molecule has 7 nitrogen and oxygen atoms in total. The van der Waals surface area contributed by atoms with Gasteiger partial charge in [0.15, 0.2) is 0 Å². The topological polar surface area (TPSA) is 89.0 Å². The predicted molar refractivity (Wildman–Crippen MR) is 124 cm³/mol. The van der Waals surface area contributed by atoms with Crippen molar-refractivity contribution in [1.82, 2.24) is 4.98 Å². The predicted octanol–water partition coefficient (Wildman–Crippen LogP) is 4.34. The third-order valence-electron chi connectivity index (χ3n) is 5.94. The number of amides is 1. The molecule has 2 aromatic carbocycles. The van der Waals surface area contributed by atoms with Gasteiger partial charge in [0.1, 0.15) is 17.3 Å². The Balaban J connectivity index is 1.99. The van der Waals surface area contributed by atoms with Crippen LogP contribution in [0.3, 0.4) is 0 Å². The molecule has 1 aromatic heterocycles. The molecule has 0 aliphatic carbocycles. The zero-order chi connectivity index (χ0) is 23.7. The second-order valence-electron chi connectivity index (χ2n) is 7.74. The Morgan fingerprint density at radius 1 is 1.03 bits per heavy atom. The summed E-state index contributed by atoms with van der Waals surface area (Å²) in [7, 11) is 2.98. The SMILES string of the molecule is COc1ccc(/C(O)=C2\C(=O)C(=O)N(c3cccc(C)c3C)C2c2cccnc2)c(OC)c1. The van der Waals surface area contributed by atoms with E-state index in [4.69, 9.17) is 9.47 Å². The van der Waals surface area contributed by atoms with Crippen molar-refractivity contribution in [2.24, 2.45) is 0 Å². The Hall–Kier alpha value is -4.13. The zero-order valence-electron chi connectivity index (χ0n) is 18.8. The van der Waals surface area contributed by atoms with Gasteiger partial charge in [-0.3, -0.25) is 19.5 Å². The monoisotopic (exact) mass is 444 g/mol. The highest BCUT2D eigenvalue weighted by Crippen LogP contribution is 2.44. The molecule has 4 rings (SSSR count). The van der Waals surface area contributed by atoms with Crippen molar-refractivity contribution in [1.29, 1.82) is 0 Å². The number of aryl methyl sites for hydroxylation is 1. The number of ether oxygens (including phenoxy) is 2. The maximum absolute atomic E-state index is 13.3. The van der Waals surface area contributed by atoms with Crippen LogP contribution in [-0.2, 0) is 9.59 Å². The number of nitrogens with zero attached hydrogens (tertiary/aromatic N) is 2. The minimum atomic E-state index is -0.856. The van der Waals surface area contributed by atoms with Crippen molar-refractivity contribution in [3.05, 3.63) is 88.8 Å². The summed E-state index contributed by atoms with van der Waals surface area (Å²) in [5, 5.41) is 11.3. The highest BCUT2D eigenvalue weighted by Gasteiger charge is 2.47. The molecule has 1 aliphatic rings. The number of benzene rings is 2. The summed E-state index contributed by atoms with van der Waals surface area (Å²) in [5.74, 6) is -0.973. The summed E-state index contributed by atoms with van der Waals surface area (Å²) in [4.78, 5) is 32.2. The van der Waals surface area contributed by atoms with Crippen LogP contribution in [-0.4, -0.2) is 36.0 Å². The highest BCUT2D eigenvalue weighted by molar-refractivity contribution is 6.51. The van der Waals surface area contributed by atoms with Gasteiger partial charge in [-0.25, -0.2) is 0 Å². The van der Waals surface area contributed by atoms with Gasteiger partial charge in [0.25, 0.3) is 11.7 Å². The van der Waals surface area contributed by atoms with Crippen molar-refractivity contribution in [3.8, 4) is 11.5 Å². The van der Waals surface area contributed by atoms with Crippen molar-refractivity contribution in [2.75, 3.05) is 19.1 Å². The van der Waals surface area contributed by atoms with Crippen molar-refractivity contribution < 1.29 is 24.2 Å². The molecule has 0 radical (unpaired) electrons. The van der Waals surface area contributed by atoms with E-state index in [0.717, 1.165) is 11.1 Å². The molecular weight excluding hydrogens is 420 g/mol. The van der Waals surface area contributed by atoms with E-state index in [1.54, 1.807) is 48.8 Å². The number of carbonyl (C=O) groups excluding carboxylic acids is 2. The largest absolute Gasteiger partial charge is 0.507 e. The number of aliphatic hydroxyl groups excluding tert-OH is 1. The number of aliphatic hydroxyl groups is 1. The maximum atomic E-state index is 13.3. The summed E-state index contributed by atoms with van der Waals surface area (Å²) >= 11 is 0. The molecule has 0 spiro atoms. The molecule has 1 unspecified atom stereocenters. The smallest absolute Gasteiger partial charge is 0.300 e. The van der Waals surface area contributed by atoms with Gasteiger partial charge in [0.05, 0.1) is 31.4 Å². The average molecular weight is 444 g/mol. The lowest BCUT2D eigenvalue weighted by Crippen LogP contribution is -2.30. The van der Waals surface area contributed by atoms with Gasteiger partial charge in [-0.2, -0.15) is 0 Å². The van der Waals surface area contributed by atoms with Crippen LogP contribution in [0.15, 0.2) is 66.5 Å². The van der Waals surface area contributed by atoms with E-state index < -0.39 is 17.7 Å². The molecule has 3 aromatic rings. The number of pyridine rings is 1. The molecule has 1 saturated heterocycles. The second kappa shape index (κ2) is 8.78. The van der Waals surface area contributed by atoms with Crippen LogP contribution in [0.2, 0.25) is 0 Å². The lowest BCUT2D eigenvalue weighted by Gasteiger charge is -2.27. The summed E-state index contributed by atoms with van der Waals surface area (Å²) in [5.41, 5.74) is 3.31. The molecule has 168 valence electrons. The van der Waals surface area contributed by atoms with Crippen LogP contribution in [0.5, 0.6) is 11.5 Å². The Labute approximate surface area is 191 Å². The molecule has 7 heteroatoms. The van der Waals surface area contributed by atoms with Crippen LogP contribution in [0.1, 0.15) is 28.3 Å². The first-order valence-corrected chi connectivity index (χ1v) is 10.4. The molecule has 1 aliphatic heterocycles. The minimum absolute atomic E-state index is 0.0302. The third kappa shape index (κ3) is 3.71. The van der Waals surface area contributed by atoms with E-state index in [-0.39, 0.29) is 16.9 Å². The van der Waals surface area contributed by atoms with Crippen LogP contribution < -0.4 is 14.4 Å². The van der Waals surface area contributed by atoms with E-state index in [1.165, 1.54) is 19.1 Å². The fourth-order valence-corrected chi connectivity index (χ4v) is 4.07. The highest BCUT2D eigenvalue weighted by atomic mass is 16.5. The van der Waals surface area contributed by atoms with Crippen molar-refractivity contribution in [3.63, 3.8) is 0 Å². The van der Waals surface area contributed by atoms with E-state index in [1.807, 2.05) is 26.0 Å². The van der Waals surface area contributed by atoms with E-state index >= 15 is 0 Å². The first-order chi connectivity index (χ1) is 15.9. The summed E-state index contributed by atoms with van der Waals surface area (Å²) in [6.45, 7) is 3.84. The first-order valence-electron chi connectivity index (χ1n) is 10.4. The number of carbonyl (C=O) groups is 2. The van der Waals surface area contributed by atoms with Crippen LogP contribution in [0, 0.1) is 13.8 Å². The number of methoxy groups -OCH3 is 2. The number of aromatic nitrogens is 1. The van der Waals surface area contributed by atoms with Crippen molar-refractivity contribution in [2.45, 2.75) is 19.9 Å². The molecule has 1 N–H and O–H groups in total. The summed E-state index contributed by atoms with van der Waals surface area (Å²) in [6.07, 6.45) is 3.20. The Morgan fingerprint density at radius 2 is 1.82 bits per heavy atom. The molecule has 2 heterocycles. The number of rotatable bonds is 5. The average Bonchev–Trinajstić information content (AvgIpc) is 3.10. The summed E-state index contributed by atoms with van der Waals surface area (Å²) in [6, 6.07) is 13.1. The standard InChI is InChI=1S/C26H24N2O5/c1-15-7-5-9-20(16(15)2)28-23(17-8-6-12-27-14-17)22(25(30)26(28)31)24(29)19-11-10-18(32-3)13-21(19)33-4/h5-14,23,29H,1-4H3/b24-22+. The van der Waals surface area contributed by atoms with Crippen LogP contribution >= 0.6 is 0 Å². The first kappa shape index (κ1) is 22.1. The molecule has 1 fully saturated rings. The minimum Gasteiger partial charge on any atom is -0.507 e. The van der Waals surface area contributed by atoms with E-state index in [0.29, 0.717) is 22.7 Å². The quantitative estimate of drug-likeness (QED) is 0.358. The Morgan fingerprint density at radius 3 is 2.48 bits per heavy atom. The van der Waals surface area contributed by atoms with Gasteiger partial charge in [-0.15, -0.1) is 0 Å². The van der Waals surface area contributed by atoms with E-state index in [2.05, 4.69) is 4.98 Å². The van der Waals surface area contributed by atoms with E-state index in [9.17, 15) is 14.7 Å². The number of Topliss-reactive ketones (excluding diaryl/α,β-unsaturated/α-hetero) is 1. The Bertz CT molecular complexity index is 1270. The molecule has 33 heavy (non-hydrogen) atoms. The van der Waals surface area contributed by atoms with Gasteiger partial charge in [-0.05, 0) is 54.8 Å². The lowest BCUT2D eigenvalue weighted by molar-refractivity contribution is -0.132. The number of hydrogen-bond acceptors (Lipinski definition) is 6. The second-order valence-corrected chi connectivity index (χ2v) is 7.74. The lowest BCUT2D eigenvalue weighted by atomic mass is 9.95. The summed E-state index contributed by atoms with van der Waals surface area (Å²) < 4.78 is 10.7. The molecule has 0 bridgehead atoms. The molecular formula is C26H24N2O5. The zero-order valence-corrected chi connectivity index (χ0v) is 18.8. The number of ketones is 1. The number of hydrogen-bond donors (Lipinski definition) is 1. The Kier molecular flexibility index (Phi) is 5.87. The van der Waals surface area contributed by atoms with Crippen LogP contribution in [0.25, 0.3) is 5.76 Å². The fraction of sp³-hybridized carbons (Fsp3) is 0.192. The van der Waals surface area contributed by atoms with Gasteiger partial charge < -0.3 is 14.6 Å². The normalized spacial score (nSPS) is 17.3. The van der Waals surface area contributed by atoms with Gasteiger partial charge in [-0.1, -0.05) is 18.2 Å². The third-order valence-corrected chi connectivity index (χ3v) is 5.94. The molecule has 1 atom stereocenters. The van der Waals surface area contributed by atoms with Crippen LogP contribution in [0.4, 0.5) is 5.69 Å². The maximum Gasteiger partial charge on any atom is 0.300 e. The van der Waals surface area contributed by atoms with Gasteiger partial charge >= 0.3 is 0 Å². The number of anilines is 1. The molecule has 1 amide bonds.